The third kappa shape index (κ3) is 18.3. The summed E-state index contributed by atoms with van der Waals surface area (Å²) in [7, 11) is 0. The lowest BCUT2D eigenvalue weighted by Crippen LogP contribution is -2.67. The Labute approximate surface area is 387 Å². The lowest BCUT2D eigenvalue weighted by Gasteiger charge is -2.51. The first-order valence-electron chi connectivity index (χ1n) is 23.8. The molecule has 0 amide bonds. The van der Waals surface area contributed by atoms with Gasteiger partial charge in [0.1, 0.15) is 31.0 Å². The van der Waals surface area contributed by atoms with Crippen LogP contribution < -0.4 is 0 Å². The van der Waals surface area contributed by atoms with Crippen molar-refractivity contribution in [3.63, 3.8) is 0 Å². The van der Waals surface area contributed by atoms with E-state index in [-0.39, 0.29) is 64.4 Å². The minimum Gasteiger partial charge on any atom is -0.462 e. The molecule has 1 saturated heterocycles. The van der Waals surface area contributed by atoms with Crippen molar-refractivity contribution in [2.75, 3.05) is 19.8 Å². The number of hydrogen-bond acceptors (Lipinski definition) is 10. The average Bonchev–Trinajstić information content (AvgIpc) is 3.34. The number of esters is 2. The van der Waals surface area contributed by atoms with Crippen LogP contribution in [0.25, 0.3) is 0 Å². The highest BCUT2D eigenvalue weighted by Crippen LogP contribution is 2.39. The zero-order chi connectivity index (χ0) is 45.8. The molecule has 5 rings (SSSR count). The van der Waals surface area contributed by atoms with Gasteiger partial charge in [-0.05, 0) is 41.2 Å². The van der Waals surface area contributed by atoms with E-state index in [0.29, 0.717) is 13.0 Å². The van der Waals surface area contributed by atoms with E-state index in [0.717, 1.165) is 80.0 Å². The molecule has 3 unspecified atom stereocenters. The first-order chi connectivity index (χ1) is 31.9. The summed E-state index contributed by atoms with van der Waals surface area (Å²) in [6, 6.07) is 39.6. The van der Waals surface area contributed by atoms with Gasteiger partial charge in [0.15, 0.2) is 6.10 Å². The van der Waals surface area contributed by atoms with Crippen LogP contribution in [0.15, 0.2) is 134 Å². The van der Waals surface area contributed by atoms with Crippen molar-refractivity contribution in [3.05, 3.63) is 156 Å². The minimum atomic E-state index is -1.68. The lowest BCUT2D eigenvalue weighted by atomic mass is 9.91. The second-order valence-corrected chi connectivity index (χ2v) is 16.8. The van der Waals surface area contributed by atoms with Crippen LogP contribution in [0.5, 0.6) is 0 Å². The van der Waals surface area contributed by atoms with E-state index in [1.807, 2.05) is 121 Å². The van der Waals surface area contributed by atoms with Gasteiger partial charge in [-0.25, -0.2) is 0 Å². The summed E-state index contributed by atoms with van der Waals surface area (Å²) < 4.78 is 52.8. The lowest BCUT2D eigenvalue weighted by molar-refractivity contribution is -0.366. The first kappa shape index (κ1) is 51.3. The predicted molar refractivity (Wildman–Crippen MR) is 252 cm³/mol. The molecular weight excluding hydrogens is 821 g/mol. The molecule has 10 heteroatoms. The highest BCUT2D eigenvalue weighted by molar-refractivity contribution is 5.70. The summed E-state index contributed by atoms with van der Waals surface area (Å²) in [6.45, 7) is 9.34. The standard InChI is InChI=1S/C55H72O10/c1-4-7-9-11-25-35-50(56)59-41-48(64-51(57)36-26-12-10-8-5-2)42-63-55(6-3)54(62-40-47-33-23-16-24-34-47)53(61-39-46-31-21-15-22-32-46)52(60-38-45-29-19-14-20-30-45)49(65-55)43-58-37-44-27-17-13-18-28-44/h6,13-24,27-34,48-49,52-54H,3-5,7-12,25-26,35-43H2,1-2H3/t48?,49?,52-,53+,54?,55+/m1/s1. The summed E-state index contributed by atoms with van der Waals surface area (Å²) in [6.07, 6.45) is 7.83. The summed E-state index contributed by atoms with van der Waals surface area (Å²) in [4.78, 5) is 26.4. The maximum absolute atomic E-state index is 13.4. The normalized spacial score (nSPS) is 19.9. The number of rotatable bonds is 32. The second kappa shape index (κ2) is 29.8. The monoisotopic (exact) mass is 893 g/mol. The third-order valence-electron chi connectivity index (χ3n) is 11.4. The minimum absolute atomic E-state index is 0.107. The molecule has 0 bridgehead atoms. The van der Waals surface area contributed by atoms with E-state index >= 15 is 0 Å². The Morgan fingerprint density at radius 1 is 0.585 bits per heavy atom. The molecule has 0 saturated carbocycles. The molecule has 1 heterocycles. The van der Waals surface area contributed by atoms with Crippen molar-refractivity contribution in [3.8, 4) is 0 Å². The molecule has 0 aliphatic carbocycles. The Balaban J connectivity index is 1.47. The molecule has 0 radical (unpaired) electrons. The topological polar surface area (TPSA) is 108 Å². The molecule has 0 N–H and O–H groups in total. The van der Waals surface area contributed by atoms with E-state index in [2.05, 4.69) is 20.4 Å². The van der Waals surface area contributed by atoms with Gasteiger partial charge in [0.2, 0.25) is 5.79 Å². The maximum atomic E-state index is 13.4. The van der Waals surface area contributed by atoms with Crippen LogP contribution in [0, 0.1) is 0 Å². The van der Waals surface area contributed by atoms with Crippen molar-refractivity contribution in [1.29, 1.82) is 0 Å². The van der Waals surface area contributed by atoms with Gasteiger partial charge in [-0.1, -0.05) is 193 Å². The van der Waals surface area contributed by atoms with Crippen molar-refractivity contribution in [1.82, 2.24) is 0 Å². The van der Waals surface area contributed by atoms with Gasteiger partial charge in [0.25, 0.3) is 0 Å². The van der Waals surface area contributed by atoms with Crippen LogP contribution in [0.3, 0.4) is 0 Å². The molecule has 10 nitrogen and oxygen atoms in total. The van der Waals surface area contributed by atoms with E-state index in [9.17, 15) is 9.59 Å². The Morgan fingerprint density at radius 2 is 1.05 bits per heavy atom. The Kier molecular flexibility index (Phi) is 23.5. The Morgan fingerprint density at radius 3 is 1.55 bits per heavy atom. The average molecular weight is 893 g/mol. The highest BCUT2D eigenvalue weighted by Gasteiger charge is 2.57. The highest BCUT2D eigenvalue weighted by atomic mass is 16.7. The number of ether oxygens (including phenoxy) is 8. The Bertz CT molecular complexity index is 1880. The van der Waals surface area contributed by atoms with Gasteiger partial charge in [0.05, 0.1) is 39.6 Å². The van der Waals surface area contributed by atoms with Gasteiger partial charge in [0, 0.05) is 12.8 Å². The molecule has 0 spiro atoms. The zero-order valence-corrected chi connectivity index (χ0v) is 38.7. The van der Waals surface area contributed by atoms with E-state index in [1.54, 1.807) is 6.08 Å². The molecular formula is C55H72O10. The van der Waals surface area contributed by atoms with Crippen molar-refractivity contribution < 1.29 is 47.5 Å². The number of benzene rings is 4. The number of carbonyl (C=O) groups excluding carboxylic acids is 2. The van der Waals surface area contributed by atoms with Gasteiger partial charge < -0.3 is 37.9 Å². The number of hydrogen-bond donors (Lipinski definition) is 0. The summed E-state index contributed by atoms with van der Waals surface area (Å²) >= 11 is 0. The van der Waals surface area contributed by atoms with E-state index < -0.39 is 36.3 Å². The third-order valence-corrected chi connectivity index (χ3v) is 11.4. The van der Waals surface area contributed by atoms with Gasteiger partial charge in [-0.3, -0.25) is 9.59 Å². The van der Waals surface area contributed by atoms with Crippen molar-refractivity contribution >= 4 is 11.9 Å². The largest absolute Gasteiger partial charge is 0.462 e. The quantitative estimate of drug-likeness (QED) is 0.0267. The molecule has 352 valence electrons. The van der Waals surface area contributed by atoms with Crippen LogP contribution in [-0.4, -0.2) is 68.1 Å². The fourth-order valence-corrected chi connectivity index (χ4v) is 7.80. The molecule has 1 aliphatic heterocycles. The van der Waals surface area contributed by atoms with Crippen LogP contribution in [0.2, 0.25) is 0 Å². The van der Waals surface area contributed by atoms with E-state index in [1.165, 1.54) is 0 Å². The van der Waals surface area contributed by atoms with Gasteiger partial charge in [-0.2, -0.15) is 0 Å². The van der Waals surface area contributed by atoms with Crippen LogP contribution in [-0.2, 0) is 73.9 Å². The first-order valence-corrected chi connectivity index (χ1v) is 23.8. The molecule has 1 fully saturated rings. The van der Waals surface area contributed by atoms with Crippen molar-refractivity contribution in [2.24, 2.45) is 0 Å². The van der Waals surface area contributed by atoms with Crippen molar-refractivity contribution in [2.45, 2.75) is 154 Å². The second-order valence-electron chi connectivity index (χ2n) is 16.8. The fourth-order valence-electron chi connectivity index (χ4n) is 7.80. The number of unbranched alkanes of at least 4 members (excludes halogenated alkanes) is 8. The van der Waals surface area contributed by atoms with Crippen LogP contribution in [0.1, 0.15) is 113 Å². The maximum Gasteiger partial charge on any atom is 0.306 e. The smallest absolute Gasteiger partial charge is 0.306 e. The van der Waals surface area contributed by atoms with Crippen LogP contribution >= 0.6 is 0 Å². The Hall–Kier alpha value is -4.68. The molecule has 4 aromatic rings. The number of carbonyl (C=O) groups is 2. The summed E-state index contributed by atoms with van der Waals surface area (Å²) in [5, 5.41) is 0. The predicted octanol–water partition coefficient (Wildman–Crippen LogP) is 11.4. The molecule has 4 aromatic carbocycles. The van der Waals surface area contributed by atoms with Gasteiger partial charge in [-0.15, -0.1) is 0 Å². The fraction of sp³-hybridized carbons (Fsp3) is 0.491. The zero-order valence-electron chi connectivity index (χ0n) is 38.7. The summed E-state index contributed by atoms with van der Waals surface area (Å²) in [5.41, 5.74) is 3.86. The molecule has 6 atom stereocenters. The molecule has 65 heavy (non-hydrogen) atoms. The molecule has 1 aliphatic rings. The van der Waals surface area contributed by atoms with Gasteiger partial charge >= 0.3 is 11.9 Å². The molecule has 0 aromatic heterocycles. The van der Waals surface area contributed by atoms with Crippen LogP contribution in [0.4, 0.5) is 0 Å². The SMILES string of the molecule is C=C[C@]1(OCC(COC(=O)CCCCCCC)OC(=O)CCCCCCC)OC(COCc2ccccc2)[C@@H](OCc2ccccc2)[C@H](OCc2ccccc2)C1OCc1ccccc1. The summed E-state index contributed by atoms with van der Waals surface area (Å²) in [5.74, 6) is -2.41. The van der Waals surface area contributed by atoms with E-state index in [4.69, 9.17) is 37.9 Å².